The van der Waals surface area contributed by atoms with Crippen LogP contribution in [0.4, 0.5) is 0 Å². The van der Waals surface area contributed by atoms with Gasteiger partial charge >= 0.3 is 0 Å². The number of carbonyl (C=O) groups excluding carboxylic acids is 1. The van der Waals surface area contributed by atoms with Gasteiger partial charge in [-0.05, 0) is 52.4 Å². The molecule has 5 rings (SSSR count). The second kappa shape index (κ2) is 7.31. The average molecular weight is 377 g/mol. The lowest BCUT2D eigenvalue weighted by Gasteiger charge is -2.29. The summed E-state index contributed by atoms with van der Waals surface area (Å²) in [4.78, 5) is 12.9. The first-order valence-corrected chi connectivity index (χ1v) is 10.2. The summed E-state index contributed by atoms with van der Waals surface area (Å²) in [5, 5.41) is 6.04. The van der Waals surface area contributed by atoms with Crippen molar-refractivity contribution in [1.29, 1.82) is 0 Å². The van der Waals surface area contributed by atoms with Crippen LogP contribution in [0.15, 0.2) is 84.9 Å². The minimum absolute atomic E-state index is 0.0655. The largest absolute Gasteiger partial charge is 0.306 e. The zero-order valence-electron chi connectivity index (χ0n) is 16.5. The van der Waals surface area contributed by atoms with Gasteiger partial charge in [-0.2, -0.15) is 0 Å². The van der Waals surface area contributed by atoms with E-state index in [2.05, 4.69) is 54.7 Å². The van der Waals surface area contributed by atoms with Crippen molar-refractivity contribution in [3.63, 3.8) is 0 Å². The molecule has 1 atom stereocenters. The molecule has 4 aromatic rings. The third-order valence-electron chi connectivity index (χ3n) is 5.98. The summed E-state index contributed by atoms with van der Waals surface area (Å²) in [6.07, 6.45) is 1.06. The van der Waals surface area contributed by atoms with E-state index in [1.54, 1.807) is 0 Å². The molecule has 1 unspecified atom stereocenters. The van der Waals surface area contributed by atoms with Gasteiger partial charge < -0.3 is 5.32 Å². The Kier molecular flexibility index (Phi) is 4.49. The Bertz CT molecular complexity index is 1210. The number of carbonyl (C=O) groups is 1. The summed E-state index contributed by atoms with van der Waals surface area (Å²) in [6.45, 7) is 3.15. The number of hydrogen-bond donors (Lipinski definition) is 1. The average Bonchev–Trinajstić information content (AvgIpc) is 2.78. The molecule has 1 heterocycles. The number of rotatable bonds is 3. The van der Waals surface area contributed by atoms with Gasteiger partial charge in [-0.1, -0.05) is 78.9 Å². The van der Waals surface area contributed by atoms with Crippen LogP contribution in [-0.4, -0.2) is 12.3 Å². The molecule has 2 heteroatoms. The molecule has 1 aliphatic heterocycles. The second-order valence-corrected chi connectivity index (χ2v) is 7.76. The Morgan fingerprint density at radius 1 is 0.862 bits per heavy atom. The molecular formula is C27H23NO. The van der Waals surface area contributed by atoms with Gasteiger partial charge in [0.2, 0.25) is 0 Å². The van der Waals surface area contributed by atoms with Crippen molar-refractivity contribution < 1.29 is 4.79 Å². The highest BCUT2D eigenvalue weighted by Crippen LogP contribution is 2.35. The third kappa shape index (κ3) is 3.16. The van der Waals surface area contributed by atoms with Gasteiger partial charge in [0.1, 0.15) is 0 Å². The zero-order chi connectivity index (χ0) is 19.8. The molecule has 0 saturated carbocycles. The summed E-state index contributed by atoms with van der Waals surface area (Å²) >= 11 is 0. The molecular weight excluding hydrogens is 354 g/mol. The maximum atomic E-state index is 12.9. The van der Waals surface area contributed by atoms with Crippen molar-refractivity contribution in [3.05, 3.63) is 118 Å². The van der Waals surface area contributed by atoms with Gasteiger partial charge in [-0.3, -0.25) is 4.79 Å². The van der Waals surface area contributed by atoms with E-state index in [1.165, 1.54) is 27.6 Å². The maximum absolute atomic E-state index is 12.9. The quantitative estimate of drug-likeness (QED) is 0.470. The summed E-state index contributed by atoms with van der Waals surface area (Å²) < 4.78 is 0. The molecule has 0 radical (unpaired) electrons. The predicted molar refractivity (Wildman–Crippen MR) is 119 cm³/mol. The van der Waals surface area contributed by atoms with E-state index >= 15 is 0 Å². The molecule has 0 saturated heterocycles. The van der Waals surface area contributed by atoms with Crippen molar-refractivity contribution in [3.8, 4) is 0 Å². The van der Waals surface area contributed by atoms with E-state index < -0.39 is 0 Å². The van der Waals surface area contributed by atoms with Gasteiger partial charge in [0.25, 0.3) is 0 Å². The summed E-state index contributed by atoms with van der Waals surface area (Å²) in [5.41, 5.74) is 6.82. The molecule has 142 valence electrons. The first-order valence-electron chi connectivity index (χ1n) is 10.2. The molecule has 0 fully saturated rings. The highest BCUT2D eigenvalue weighted by atomic mass is 16.1. The molecule has 0 spiro atoms. The number of aryl methyl sites for hydroxylation is 1. The molecule has 2 nitrogen and oxygen atoms in total. The Morgan fingerprint density at radius 3 is 2.52 bits per heavy atom. The molecule has 0 aromatic heterocycles. The Hall–Kier alpha value is -3.23. The minimum Gasteiger partial charge on any atom is -0.306 e. The van der Waals surface area contributed by atoms with Crippen LogP contribution in [0.25, 0.3) is 10.8 Å². The summed E-state index contributed by atoms with van der Waals surface area (Å²) in [5.74, 6) is 0.0655. The molecule has 0 amide bonds. The van der Waals surface area contributed by atoms with Crippen molar-refractivity contribution in [2.24, 2.45) is 0 Å². The lowest BCUT2D eigenvalue weighted by molar-refractivity contribution is 0.103. The van der Waals surface area contributed by atoms with Crippen molar-refractivity contribution >= 4 is 16.6 Å². The number of ketones is 1. The highest BCUT2D eigenvalue weighted by Gasteiger charge is 2.24. The Morgan fingerprint density at radius 2 is 1.66 bits per heavy atom. The van der Waals surface area contributed by atoms with E-state index in [0.29, 0.717) is 0 Å². The van der Waals surface area contributed by atoms with Gasteiger partial charge in [0.15, 0.2) is 5.78 Å². The monoisotopic (exact) mass is 377 g/mol. The van der Waals surface area contributed by atoms with Gasteiger partial charge in [0.05, 0.1) is 6.04 Å². The zero-order valence-corrected chi connectivity index (χ0v) is 16.5. The first-order chi connectivity index (χ1) is 14.2. The molecule has 4 aromatic carbocycles. The highest BCUT2D eigenvalue weighted by molar-refractivity contribution is 6.10. The van der Waals surface area contributed by atoms with E-state index in [9.17, 15) is 4.79 Å². The third-order valence-corrected chi connectivity index (χ3v) is 5.98. The Labute approximate surface area is 171 Å². The second-order valence-electron chi connectivity index (χ2n) is 7.76. The van der Waals surface area contributed by atoms with Crippen LogP contribution in [0.2, 0.25) is 0 Å². The number of hydrogen-bond acceptors (Lipinski definition) is 2. The maximum Gasteiger partial charge on any atom is 0.193 e. The summed E-state index contributed by atoms with van der Waals surface area (Å²) in [6, 6.07) is 28.8. The molecule has 0 bridgehead atoms. The minimum atomic E-state index is 0.0655. The lowest BCUT2D eigenvalue weighted by Crippen LogP contribution is -2.31. The van der Waals surface area contributed by atoms with Crippen LogP contribution in [0, 0.1) is 6.92 Å². The number of fused-ring (bicyclic) bond motifs is 2. The van der Waals surface area contributed by atoms with Crippen LogP contribution < -0.4 is 5.32 Å². The van der Waals surface area contributed by atoms with Crippen LogP contribution in [-0.2, 0) is 6.42 Å². The van der Waals surface area contributed by atoms with E-state index in [4.69, 9.17) is 0 Å². The van der Waals surface area contributed by atoms with Crippen LogP contribution in [0.5, 0.6) is 0 Å². The van der Waals surface area contributed by atoms with Gasteiger partial charge in [-0.25, -0.2) is 0 Å². The van der Waals surface area contributed by atoms with Crippen LogP contribution >= 0.6 is 0 Å². The first kappa shape index (κ1) is 17.8. The number of benzene rings is 4. The topological polar surface area (TPSA) is 29.1 Å². The lowest BCUT2D eigenvalue weighted by atomic mass is 9.85. The van der Waals surface area contributed by atoms with Crippen molar-refractivity contribution in [1.82, 2.24) is 5.32 Å². The van der Waals surface area contributed by atoms with Gasteiger partial charge in [-0.15, -0.1) is 0 Å². The smallest absolute Gasteiger partial charge is 0.193 e. The normalized spacial score (nSPS) is 15.8. The molecule has 0 aliphatic carbocycles. The fourth-order valence-electron chi connectivity index (χ4n) is 4.51. The number of nitrogens with one attached hydrogen (secondary N) is 1. The molecule has 29 heavy (non-hydrogen) atoms. The van der Waals surface area contributed by atoms with E-state index in [0.717, 1.165) is 29.5 Å². The van der Waals surface area contributed by atoms with E-state index in [1.807, 2.05) is 42.5 Å². The standard InChI is InChI=1S/C27H23NO/c1-18-11-12-21-17-22(27(29)20-8-3-2-4-9-20)13-14-23(21)25(18)26-24-10-6-5-7-19(24)15-16-28-26/h2-14,17,26,28H,15-16H2,1H3. The van der Waals surface area contributed by atoms with Crippen molar-refractivity contribution in [2.75, 3.05) is 6.54 Å². The Balaban J connectivity index is 1.63. The van der Waals surface area contributed by atoms with Crippen molar-refractivity contribution in [2.45, 2.75) is 19.4 Å². The molecule has 1 N–H and O–H groups in total. The fraction of sp³-hybridized carbons (Fsp3) is 0.148. The fourth-order valence-corrected chi connectivity index (χ4v) is 4.51. The molecule has 1 aliphatic rings. The van der Waals surface area contributed by atoms with E-state index in [-0.39, 0.29) is 11.8 Å². The van der Waals surface area contributed by atoms with Gasteiger partial charge in [0, 0.05) is 17.7 Å². The summed E-state index contributed by atoms with van der Waals surface area (Å²) in [7, 11) is 0. The van der Waals surface area contributed by atoms with Crippen LogP contribution in [0.1, 0.15) is 44.2 Å². The predicted octanol–water partition coefficient (Wildman–Crippen LogP) is 5.61. The van der Waals surface area contributed by atoms with Crippen LogP contribution in [0.3, 0.4) is 0 Å². The SMILES string of the molecule is Cc1ccc2cc(C(=O)c3ccccc3)ccc2c1C1NCCc2ccccc21.